The molecule has 6 heteroatoms. The zero-order chi connectivity index (χ0) is 15.0. The fourth-order valence-electron chi connectivity index (χ4n) is 1.42. The van der Waals surface area contributed by atoms with E-state index in [0.29, 0.717) is 17.8 Å². The zero-order valence-electron chi connectivity index (χ0n) is 11.4. The lowest BCUT2D eigenvalue weighted by atomic mass is 10.2. The third kappa shape index (κ3) is 5.31. The molecule has 0 aliphatic carbocycles. The Morgan fingerprint density at radius 2 is 1.80 bits per heavy atom. The standard InChI is InChI=1S/C14H17N3O3/c1-4-5-10(2)15-13(18)16-11-6-8-12(9-7-11)17-14(19)20-3/h1,6-10H,5H2,2-3H3,(H,17,19)(H2,15,16,18)/t10-/m0/s1. The zero-order valence-corrected chi connectivity index (χ0v) is 11.4. The third-order valence-corrected chi connectivity index (χ3v) is 2.38. The minimum atomic E-state index is -0.549. The number of hydrogen-bond donors (Lipinski definition) is 3. The summed E-state index contributed by atoms with van der Waals surface area (Å²) in [5, 5.41) is 7.88. The van der Waals surface area contributed by atoms with Crippen molar-refractivity contribution in [2.75, 3.05) is 17.7 Å². The Hall–Kier alpha value is -2.68. The van der Waals surface area contributed by atoms with Gasteiger partial charge < -0.3 is 15.4 Å². The second kappa shape index (κ2) is 7.69. The minimum absolute atomic E-state index is 0.0970. The van der Waals surface area contributed by atoms with Crippen LogP contribution in [0.2, 0.25) is 0 Å². The predicted molar refractivity (Wildman–Crippen MR) is 77.5 cm³/mol. The number of nitrogens with one attached hydrogen (secondary N) is 3. The van der Waals surface area contributed by atoms with Gasteiger partial charge in [0.05, 0.1) is 7.11 Å². The van der Waals surface area contributed by atoms with Gasteiger partial charge in [-0.15, -0.1) is 12.3 Å². The van der Waals surface area contributed by atoms with Crippen LogP contribution in [0.4, 0.5) is 21.0 Å². The van der Waals surface area contributed by atoms with Crippen molar-refractivity contribution in [2.45, 2.75) is 19.4 Å². The molecule has 3 N–H and O–H groups in total. The van der Waals surface area contributed by atoms with Gasteiger partial charge in [-0.1, -0.05) is 0 Å². The molecule has 0 spiro atoms. The van der Waals surface area contributed by atoms with Crippen molar-refractivity contribution in [2.24, 2.45) is 0 Å². The van der Waals surface area contributed by atoms with Crippen LogP contribution in [-0.2, 0) is 4.74 Å². The highest BCUT2D eigenvalue weighted by molar-refractivity contribution is 5.90. The molecule has 0 fully saturated rings. The number of terminal acetylenes is 1. The Balaban J connectivity index is 2.51. The molecule has 0 aliphatic heterocycles. The molecule has 0 unspecified atom stereocenters. The summed E-state index contributed by atoms with van der Waals surface area (Å²) in [6, 6.07) is 6.20. The maximum absolute atomic E-state index is 11.6. The average molecular weight is 275 g/mol. The monoisotopic (exact) mass is 275 g/mol. The number of carbonyl (C=O) groups excluding carboxylic acids is 2. The van der Waals surface area contributed by atoms with E-state index < -0.39 is 6.09 Å². The maximum Gasteiger partial charge on any atom is 0.411 e. The Morgan fingerprint density at radius 1 is 1.25 bits per heavy atom. The Kier molecular flexibility index (Phi) is 5.91. The third-order valence-electron chi connectivity index (χ3n) is 2.38. The van der Waals surface area contributed by atoms with Gasteiger partial charge in [0, 0.05) is 23.8 Å². The number of anilines is 2. The van der Waals surface area contributed by atoms with Crippen LogP contribution in [0.5, 0.6) is 0 Å². The molecule has 0 aliphatic rings. The molecule has 3 amide bonds. The van der Waals surface area contributed by atoms with Gasteiger partial charge in [-0.3, -0.25) is 5.32 Å². The Bertz CT molecular complexity index is 505. The van der Waals surface area contributed by atoms with Crippen LogP contribution in [0.15, 0.2) is 24.3 Å². The molecule has 0 saturated heterocycles. The van der Waals surface area contributed by atoms with Gasteiger partial charge in [-0.25, -0.2) is 9.59 Å². The molecule has 1 atom stereocenters. The van der Waals surface area contributed by atoms with Crippen molar-refractivity contribution in [3.63, 3.8) is 0 Å². The van der Waals surface area contributed by atoms with Crippen LogP contribution >= 0.6 is 0 Å². The predicted octanol–water partition coefficient (Wildman–Crippen LogP) is 2.40. The molecule has 0 bridgehead atoms. The number of benzene rings is 1. The average Bonchev–Trinajstić information content (AvgIpc) is 2.41. The molecule has 20 heavy (non-hydrogen) atoms. The van der Waals surface area contributed by atoms with Gasteiger partial charge in [0.15, 0.2) is 0 Å². The molecule has 6 nitrogen and oxygen atoms in total. The molecule has 1 aromatic rings. The summed E-state index contributed by atoms with van der Waals surface area (Å²) in [4.78, 5) is 22.6. The molecule has 0 aromatic heterocycles. The second-order valence-corrected chi connectivity index (χ2v) is 4.10. The van der Waals surface area contributed by atoms with E-state index in [-0.39, 0.29) is 12.1 Å². The fraction of sp³-hybridized carbons (Fsp3) is 0.286. The van der Waals surface area contributed by atoms with E-state index >= 15 is 0 Å². The smallest absolute Gasteiger partial charge is 0.411 e. The van der Waals surface area contributed by atoms with Gasteiger partial charge in [0.25, 0.3) is 0 Å². The molecule has 1 rings (SSSR count). The largest absolute Gasteiger partial charge is 0.453 e. The maximum atomic E-state index is 11.6. The Morgan fingerprint density at radius 3 is 2.30 bits per heavy atom. The van der Waals surface area contributed by atoms with Crippen molar-refractivity contribution >= 4 is 23.5 Å². The van der Waals surface area contributed by atoms with E-state index in [2.05, 4.69) is 26.6 Å². The first-order valence-corrected chi connectivity index (χ1v) is 6.01. The first-order valence-electron chi connectivity index (χ1n) is 6.01. The van der Waals surface area contributed by atoms with Crippen molar-refractivity contribution in [3.8, 4) is 12.3 Å². The molecule has 0 heterocycles. The van der Waals surface area contributed by atoms with Gasteiger partial charge >= 0.3 is 12.1 Å². The summed E-state index contributed by atoms with van der Waals surface area (Å²) in [6.45, 7) is 1.82. The van der Waals surface area contributed by atoms with Crippen LogP contribution in [0.25, 0.3) is 0 Å². The number of rotatable bonds is 4. The lowest BCUT2D eigenvalue weighted by Gasteiger charge is -2.12. The number of methoxy groups -OCH3 is 1. The van der Waals surface area contributed by atoms with Gasteiger partial charge in [0.2, 0.25) is 0 Å². The topological polar surface area (TPSA) is 79.5 Å². The first kappa shape index (κ1) is 15.4. The number of hydrogen-bond acceptors (Lipinski definition) is 3. The van der Waals surface area contributed by atoms with E-state index in [1.165, 1.54) is 7.11 Å². The van der Waals surface area contributed by atoms with Crippen molar-refractivity contribution < 1.29 is 14.3 Å². The second-order valence-electron chi connectivity index (χ2n) is 4.10. The van der Waals surface area contributed by atoms with E-state index in [1.807, 2.05) is 6.92 Å². The van der Waals surface area contributed by atoms with Gasteiger partial charge in [0.1, 0.15) is 0 Å². The molecule has 0 radical (unpaired) electrons. The van der Waals surface area contributed by atoms with Gasteiger partial charge in [-0.2, -0.15) is 0 Å². The van der Waals surface area contributed by atoms with Crippen LogP contribution in [-0.4, -0.2) is 25.3 Å². The van der Waals surface area contributed by atoms with Crippen molar-refractivity contribution in [1.29, 1.82) is 0 Å². The SMILES string of the molecule is C#CC[C@H](C)NC(=O)Nc1ccc(NC(=O)OC)cc1. The van der Waals surface area contributed by atoms with E-state index in [4.69, 9.17) is 6.42 Å². The molecule has 106 valence electrons. The minimum Gasteiger partial charge on any atom is -0.453 e. The number of carbonyl (C=O) groups is 2. The molecule has 0 saturated carbocycles. The first-order chi connectivity index (χ1) is 9.55. The summed E-state index contributed by atoms with van der Waals surface area (Å²) in [6.07, 6.45) is 5.08. The van der Waals surface area contributed by atoms with Crippen LogP contribution in [0, 0.1) is 12.3 Å². The lowest BCUT2D eigenvalue weighted by Crippen LogP contribution is -2.35. The summed E-state index contributed by atoms with van der Waals surface area (Å²) < 4.78 is 4.47. The molecule has 1 aromatic carbocycles. The van der Waals surface area contributed by atoms with E-state index in [9.17, 15) is 9.59 Å². The fourth-order valence-corrected chi connectivity index (χ4v) is 1.42. The number of amides is 3. The molecular weight excluding hydrogens is 258 g/mol. The summed E-state index contributed by atoms with van der Waals surface area (Å²) in [5.41, 5.74) is 1.18. The summed E-state index contributed by atoms with van der Waals surface area (Å²) in [7, 11) is 1.28. The quantitative estimate of drug-likeness (QED) is 0.738. The molecular formula is C14H17N3O3. The number of ether oxygens (including phenoxy) is 1. The summed E-state index contributed by atoms with van der Waals surface area (Å²) in [5.74, 6) is 2.47. The lowest BCUT2D eigenvalue weighted by molar-refractivity contribution is 0.187. The van der Waals surface area contributed by atoms with Crippen LogP contribution in [0.1, 0.15) is 13.3 Å². The highest BCUT2D eigenvalue weighted by Crippen LogP contribution is 2.13. The van der Waals surface area contributed by atoms with E-state index in [0.717, 1.165) is 0 Å². The van der Waals surface area contributed by atoms with E-state index in [1.54, 1.807) is 24.3 Å². The Labute approximate surface area is 117 Å². The highest BCUT2D eigenvalue weighted by Gasteiger charge is 2.06. The number of urea groups is 1. The summed E-state index contributed by atoms with van der Waals surface area (Å²) >= 11 is 0. The van der Waals surface area contributed by atoms with Crippen LogP contribution in [0.3, 0.4) is 0 Å². The van der Waals surface area contributed by atoms with Crippen molar-refractivity contribution in [3.05, 3.63) is 24.3 Å². The van der Waals surface area contributed by atoms with Gasteiger partial charge in [-0.05, 0) is 31.2 Å². The van der Waals surface area contributed by atoms with Crippen molar-refractivity contribution in [1.82, 2.24) is 5.32 Å². The highest BCUT2D eigenvalue weighted by atomic mass is 16.5. The van der Waals surface area contributed by atoms with Crippen LogP contribution < -0.4 is 16.0 Å². The normalized spacial score (nSPS) is 10.8.